The van der Waals surface area contributed by atoms with Gasteiger partial charge in [-0.05, 0) is 17.7 Å². The summed E-state index contributed by atoms with van der Waals surface area (Å²) in [6.07, 6.45) is 0.761. The Bertz CT molecular complexity index is 323. The van der Waals surface area contributed by atoms with Crippen molar-refractivity contribution in [1.82, 2.24) is 4.90 Å². The van der Waals surface area contributed by atoms with Crippen LogP contribution in [0.2, 0.25) is 5.02 Å². The Hall–Kier alpha value is -1.02. The van der Waals surface area contributed by atoms with E-state index in [2.05, 4.69) is 0 Å². The largest absolute Gasteiger partial charge is 0.359 e. The van der Waals surface area contributed by atoms with Gasteiger partial charge < -0.3 is 4.90 Å². The molecule has 0 unspecified atom stereocenters. The van der Waals surface area contributed by atoms with Crippen molar-refractivity contribution >= 4 is 17.4 Å². The molecule has 0 bridgehead atoms. The molecule has 0 amide bonds. The Morgan fingerprint density at radius 2 is 2.21 bits per heavy atom. The van der Waals surface area contributed by atoms with Gasteiger partial charge in [0.05, 0.1) is 5.84 Å². The molecule has 3 heteroatoms. The summed E-state index contributed by atoms with van der Waals surface area (Å²) in [7, 11) is 1.92. The summed E-state index contributed by atoms with van der Waals surface area (Å²) in [6.45, 7) is 2.73. The predicted molar refractivity (Wildman–Crippen MR) is 60.9 cm³/mol. The van der Waals surface area contributed by atoms with Crippen LogP contribution >= 0.6 is 11.6 Å². The molecule has 0 spiro atoms. The molecule has 0 saturated carbocycles. The first-order valence-electron chi connectivity index (χ1n) is 4.66. The standard InChI is InChI=1S/C11H15ClN2/c1-3-11(13)14(2)8-9-5-4-6-10(12)7-9/h4-7,13H,3,8H2,1-2H3. The maximum atomic E-state index is 7.64. The van der Waals surface area contributed by atoms with Gasteiger partial charge in [0.25, 0.3) is 0 Å². The maximum absolute atomic E-state index is 7.64. The lowest BCUT2D eigenvalue weighted by Crippen LogP contribution is -2.24. The minimum atomic E-state index is 0.643. The molecule has 1 rings (SSSR count). The van der Waals surface area contributed by atoms with Crippen molar-refractivity contribution < 1.29 is 0 Å². The van der Waals surface area contributed by atoms with Gasteiger partial charge in [0, 0.05) is 25.0 Å². The summed E-state index contributed by atoms with van der Waals surface area (Å²) in [5, 5.41) is 8.39. The van der Waals surface area contributed by atoms with Crippen molar-refractivity contribution in [2.45, 2.75) is 19.9 Å². The molecule has 0 fully saturated rings. The Kier molecular flexibility index (Phi) is 3.96. The van der Waals surface area contributed by atoms with E-state index in [0.29, 0.717) is 5.84 Å². The second-order valence-electron chi connectivity index (χ2n) is 3.29. The number of hydrogen-bond donors (Lipinski definition) is 1. The molecule has 2 nitrogen and oxygen atoms in total. The first-order chi connectivity index (χ1) is 6.63. The second-order valence-corrected chi connectivity index (χ2v) is 3.72. The molecule has 0 aliphatic rings. The predicted octanol–water partition coefficient (Wildman–Crippen LogP) is 3.16. The van der Waals surface area contributed by atoms with E-state index in [4.69, 9.17) is 17.0 Å². The van der Waals surface area contributed by atoms with Crippen molar-refractivity contribution in [3.8, 4) is 0 Å². The Labute approximate surface area is 90.0 Å². The van der Waals surface area contributed by atoms with Gasteiger partial charge in [-0.2, -0.15) is 0 Å². The van der Waals surface area contributed by atoms with Crippen molar-refractivity contribution in [3.63, 3.8) is 0 Å². The minimum Gasteiger partial charge on any atom is -0.359 e. The van der Waals surface area contributed by atoms with Crippen LogP contribution in [0.3, 0.4) is 0 Å². The first-order valence-corrected chi connectivity index (χ1v) is 5.04. The van der Waals surface area contributed by atoms with Crippen molar-refractivity contribution in [2.75, 3.05) is 7.05 Å². The molecule has 0 heterocycles. The fourth-order valence-corrected chi connectivity index (χ4v) is 1.49. The van der Waals surface area contributed by atoms with E-state index in [1.165, 1.54) is 0 Å². The molecule has 0 aromatic heterocycles. The average molecular weight is 211 g/mol. The van der Waals surface area contributed by atoms with Crippen LogP contribution in [0.5, 0.6) is 0 Å². The number of benzene rings is 1. The van der Waals surface area contributed by atoms with E-state index < -0.39 is 0 Å². The Balaban J connectivity index is 2.64. The number of nitrogens with zero attached hydrogens (tertiary/aromatic N) is 1. The third-order valence-corrected chi connectivity index (χ3v) is 2.34. The van der Waals surface area contributed by atoms with Crippen LogP contribution in [0.4, 0.5) is 0 Å². The Morgan fingerprint density at radius 3 is 2.79 bits per heavy atom. The van der Waals surface area contributed by atoms with E-state index in [1.807, 2.05) is 43.1 Å². The quantitative estimate of drug-likeness (QED) is 0.602. The zero-order chi connectivity index (χ0) is 10.6. The highest BCUT2D eigenvalue weighted by Crippen LogP contribution is 2.12. The van der Waals surface area contributed by atoms with Crippen LogP contribution in [0, 0.1) is 5.41 Å². The lowest BCUT2D eigenvalue weighted by Gasteiger charge is -2.18. The van der Waals surface area contributed by atoms with E-state index in [-0.39, 0.29) is 0 Å². The third kappa shape index (κ3) is 3.04. The summed E-state index contributed by atoms with van der Waals surface area (Å²) in [5.74, 6) is 0.643. The van der Waals surface area contributed by atoms with Crippen LogP contribution in [0.15, 0.2) is 24.3 Å². The fourth-order valence-electron chi connectivity index (χ4n) is 1.27. The summed E-state index contributed by atoms with van der Waals surface area (Å²) >= 11 is 5.87. The molecule has 0 saturated heterocycles. The molecule has 1 N–H and O–H groups in total. The zero-order valence-electron chi connectivity index (χ0n) is 8.55. The van der Waals surface area contributed by atoms with Gasteiger partial charge in [0.15, 0.2) is 0 Å². The van der Waals surface area contributed by atoms with Crippen LogP contribution in [0.25, 0.3) is 0 Å². The molecule has 1 aromatic carbocycles. The van der Waals surface area contributed by atoms with Crippen LogP contribution in [0.1, 0.15) is 18.9 Å². The van der Waals surface area contributed by atoms with Crippen molar-refractivity contribution in [3.05, 3.63) is 34.9 Å². The SMILES string of the molecule is CCC(=N)N(C)Cc1cccc(Cl)c1. The Morgan fingerprint density at radius 1 is 1.50 bits per heavy atom. The molecule has 0 radical (unpaired) electrons. The van der Waals surface area contributed by atoms with Crippen molar-refractivity contribution in [1.29, 1.82) is 5.41 Å². The smallest absolute Gasteiger partial charge is 0.0955 e. The van der Waals surface area contributed by atoms with Gasteiger partial charge in [0.1, 0.15) is 0 Å². The molecular formula is C11H15ClN2. The zero-order valence-corrected chi connectivity index (χ0v) is 9.30. The van der Waals surface area contributed by atoms with Crippen LogP contribution in [-0.4, -0.2) is 17.8 Å². The lowest BCUT2D eigenvalue weighted by atomic mass is 10.2. The highest BCUT2D eigenvalue weighted by Gasteiger charge is 2.02. The van der Waals surface area contributed by atoms with E-state index >= 15 is 0 Å². The van der Waals surface area contributed by atoms with Gasteiger partial charge in [-0.1, -0.05) is 30.7 Å². The average Bonchev–Trinajstić information content (AvgIpc) is 2.16. The first kappa shape index (κ1) is 11.1. The molecule has 0 aliphatic carbocycles. The van der Waals surface area contributed by atoms with Crippen molar-refractivity contribution in [2.24, 2.45) is 0 Å². The highest BCUT2D eigenvalue weighted by atomic mass is 35.5. The number of amidine groups is 1. The molecule has 76 valence electrons. The molecule has 0 atom stereocenters. The second kappa shape index (κ2) is 5.01. The molecule has 0 aliphatic heterocycles. The lowest BCUT2D eigenvalue weighted by molar-refractivity contribution is 0.487. The topological polar surface area (TPSA) is 27.1 Å². The summed E-state index contributed by atoms with van der Waals surface area (Å²) in [5.41, 5.74) is 1.14. The number of halogens is 1. The van der Waals surface area contributed by atoms with Gasteiger partial charge in [-0.15, -0.1) is 0 Å². The number of hydrogen-bond acceptors (Lipinski definition) is 1. The van der Waals surface area contributed by atoms with E-state index in [0.717, 1.165) is 23.6 Å². The minimum absolute atomic E-state index is 0.643. The third-order valence-electron chi connectivity index (χ3n) is 2.10. The van der Waals surface area contributed by atoms with Crippen LogP contribution in [-0.2, 0) is 6.54 Å². The summed E-state index contributed by atoms with van der Waals surface area (Å²) < 4.78 is 0. The monoisotopic (exact) mass is 210 g/mol. The van der Waals surface area contributed by atoms with Gasteiger partial charge >= 0.3 is 0 Å². The van der Waals surface area contributed by atoms with Gasteiger partial charge in [0.2, 0.25) is 0 Å². The maximum Gasteiger partial charge on any atom is 0.0955 e. The van der Waals surface area contributed by atoms with Crippen LogP contribution < -0.4 is 0 Å². The van der Waals surface area contributed by atoms with E-state index in [1.54, 1.807) is 0 Å². The van der Waals surface area contributed by atoms with E-state index in [9.17, 15) is 0 Å². The van der Waals surface area contributed by atoms with Gasteiger partial charge in [-0.25, -0.2) is 0 Å². The number of nitrogens with one attached hydrogen (secondary N) is 1. The molecule has 1 aromatic rings. The summed E-state index contributed by atoms with van der Waals surface area (Å²) in [6, 6.07) is 7.74. The molecular weight excluding hydrogens is 196 g/mol. The highest BCUT2D eigenvalue weighted by molar-refractivity contribution is 6.30. The summed E-state index contributed by atoms with van der Waals surface area (Å²) in [4.78, 5) is 1.92. The normalized spacial score (nSPS) is 9.93. The van der Waals surface area contributed by atoms with Gasteiger partial charge in [-0.3, -0.25) is 5.41 Å². The molecule has 14 heavy (non-hydrogen) atoms. The fraction of sp³-hybridized carbons (Fsp3) is 0.364. The number of rotatable bonds is 3.